The average Bonchev–Trinajstić information content (AvgIpc) is 2.84. The second-order valence-electron chi connectivity index (χ2n) is 5.50. The largest absolute Gasteiger partial charge is 0.361 e. The third-order valence-corrected chi connectivity index (χ3v) is 3.87. The van der Waals surface area contributed by atoms with Crippen molar-refractivity contribution in [1.29, 1.82) is 0 Å². The first-order valence-electron chi connectivity index (χ1n) is 7.33. The highest BCUT2D eigenvalue weighted by molar-refractivity contribution is 5.91. The topological polar surface area (TPSA) is 53.2 Å². The summed E-state index contributed by atoms with van der Waals surface area (Å²) in [5, 5.41) is 0.841. The van der Waals surface area contributed by atoms with Crippen LogP contribution in [-0.4, -0.2) is 34.7 Å². The number of Topliss-reactive ketones (excluding diaryl/α,β-unsaturated/α-hetero) is 1. The molecule has 0 spiro atoms. The Labute approximate surface area is 127 Å². The summed E-state index contributed by atoms with van der Waals surface area (Å²) in [4.78, 5) is 28.7. The van der Waals surface area contributed by atoms with Crippen LogP contribution in [0.25, 0.3) is 10.9 Å². The van der Waals surface area contributed by atoms with E-state index in [1.807, 2.05) is 12.2 Å². The molecule has 1 aliphatic heterocycles. The van der Waals surface area contributed by atoms with Crippen molar-refractivity contribution in [1.82, 2.24) is 9.88 Å². The van der Waals surface area contributed by atoms with Gasteiger partial charge in [0.15, 0.2) is 5.78 Å². The summed E-state index contributed by atoms with van der Waals surface area (Å²) in [6.07, 6.45) is 6.88. The highest BCUT2D eigenvalue weighted by Gasteiger charge is 2.19. The van der Waals surface area contributed by atoms with Crippen molar-refractivity contribution in [3.8, 4) is 0 Å². The maximum absolute atomic E-state index is 13.2. The zero-order valence-electron chi connectivity index (χ0n) is 12.1. The first kappa shape index (κ1) is 14.5. The molecule has 3 rings (SSSR count). The number of rotatable bonds is 2. The van der Waals surface area contributed by atoms with E-state index in [0.717, 1.165) is 17.4 Å². The Morgan fingerprint density at radius 1 is 1.32 bits per heavy atom. The molecule has 114 valence electrons. The molecule has 1 amide bonds. The van der Waals surface area contributed by atoms with Crippen molar-refractivity contribution in [3.63, 3.8) is 0 Å². The van der Waals surface area contributed by atoms with Crippen molar-refractivity contribution in [2.24, 2.45) is 0 Å². The fourth-order valence-corrected chi connectivity index (χ4v) is 2.71. The zero-order chi connectivity index (χ0) is 15.5. The van der Waals surface area contributed by atoms with E-state index in [1.165, 1.54) is 12.1 Å². The van der Waals surface area contributed by atoms with Crippen molar-refractivity contribution in [2.45, 2.75) is 19.3 Å². The van der Waals surface area contributed by atoms with Gasteiger partial charge in [-0.05, 0) is 30.2 Å². The number of ketones is 1. The Balaban J connectivity index is 1.77. The van der Waals surface area contributed by atoms with Crippen LogP contribution in [0, 0.1) is 5.82 Å². The summed E-state index contributed by atoms with van der Waals surface area (Å²) in [5.41, 5.74) is 1.50. The molecule has 0 atom stereocenters. The molecule has 0 bridgehead atoms. The predicted octanol–water partition coefficient (Wildman–Crippen LogP) is 2.60. The Kier molecular flexibility index (Phi) is 4.04. The fourth-order valence-electron chi connectivity index (χ4n) is 2.71. The van der Waals surface area contributed by atoms with Crippen LogP contribution >= 0.6 is 0 Å². The molecule has 2 heterocycles. The number of carbonyl (C=O) groups is 2. The summed E-state index contributed by atoms with van der Waals surface area (Å²) >= 11 is 0. The lowest BCUT2D eigenvalue weighted by Gasteiger charge is -2.22. The zero-order valence-corrected chi connectivity index (χ0v) is 12.1. The van der Waals surface area contributed by atoms with E-state index in [1.54, 1.807) is 17.2 Å². The number of H-pyrrole nitrogens is 1. The Morgan fingerprint density at radius 2 is 2.18 bits per heavy atom. The molecule has 1 aromatic heterocycles. The lowest BCUT2D eigenvalue weighted by atomic mass is 10.1. The Hall–Kier alpha value is -2.43. The molecule has 1 aliphatic rings. The summed E-state index contributed by atoms with van der Waals surface area (Å²) in [5.74, 6) is -0.340. The van der Waals surface area contributed by atoms with Crippen molar-refractivity contribution >= 4 is 22.6 Å². The van der Waals surface area contributed by atoms with Crippen LogP contribution in [0.4, 0.5) is 4.39 Å². The predicted molar refractivity (Wildman–Crippen MR) is 81.9 cm³/mol. The van der Waals surface area contributed by atoms with Crippen LogP contribution in [0.15, 0.2) is 36.5 Å². The first-order valence-corrected chi connectivity index (χ1v) is 7.33. The number of benzene rings is 1. The number of nitrogens with zero attached hydrogens (tertiary/aromatic N) is 1. The van der Waals surface area contributed by atoms with Gasteiger partial charge < -0.3 is 9.88 Å². The fraction of sp³-hybridized carbons (Fsp3) is 0.294. The highest BCUT2D eigenvalue weighted by Crippen LogP contribution is 2.20. The maximum Gasteiger partial charge on any atom is 0.227 e. The average molecular weight is 300 g/mol. The van der Waals surface area contributed by atoms with Gasteiger partial charge in [0.2, 0.25) is 5.91 Å². The number of hydrogen-bond acceptors (Lipinski definition) is 2. The van der Waals surface area contributed by atoms with Crippen LogP contribution < -0.4 is 0 Å². The van der Waals surface area contributed by atoms with Gasteiger partial charge >= 0.3 is 0 Å². The van der Waals surface area contributed by atoms with Crippen molar-refractivity contribution in [3.05, 3.63) is 47.9 Å². The SMILES string of the molecule is O=C1C/C=C/CCN(C(=O)Cc2c[nH]c3cc(F)ccc23)C1. The van der Waals surface area contributed by atoms with E-state index in [-0.39, 0.29) is 30.5 Å². The van der Waals surface area contributed by atoms with Crippen LogP contribution in [0.3, 0.4) is 0 Å². The summed E-state index contributed by atoms with van der Waals surface area (Å²) in [6, 6.07) is 4.47. The number of nitrogens with one attached hydrogen (secondary N) is 1. The molecule has 1 aromatic carbocycles. The van der Waals surface area contributed by atoms with Crippen LogP contribution in [0.5, 0.6) is 0 Å². The smallest absolute Gasteiger partial charge is 0.227 e. The van der Waals surface area contributed by atoms with Gasteiger partial charge in [-0.1, -0.05) is 12.2 Å². The van der Waals surface area contributed by atoms with Crippen LogP contribution in [0.1, 0.15) is 18.4 Å². The minimum Gasteiger partial charge on any atom is -0.361 e. The molecule has 5 heteroatoms. The number of amides is 1. The van der Waals surface area contributed by atoms with Crippen LogP contribution in [-0.2, 0) is 16.0 Å². The third-order valence-electron chi connectivity index (χ3n) is 3.87. The Morgan fingerprint density at radius 3 is 3.05 bits per heavy atom. The van der Waals surface area contributed by atoms with E-state index in [4.69, 9.17) is 0 Å². The number of aromatic nitrogens is 1. The third kappa shape index (κ3) is 3.08. The first-order chi connectivity index (χ1) is 10.6. The molecule has 22 heavy (non-hydrogen) atoms. The minimum atomic E-state index is -0.312. The molecule has 1 N–H and O–H groups in total. The highest BCUT2D eigenvalue weighted by atomic mass is 19.1. The lowest BCUT2D eigenvalue weighted by Crippen LogP contribution is -2.37. The van der Waals surface area contributed by atoms with E-state index in [9.17, 15) is 14.0 Å². The van der Waals surface area contributed by atoms with Gasteiger partial charge in [0.05, 0.1) is 13.0 Å². The van der Waals surface area contributed by atoms with Crippen molar-refractivity contribution < 1.29 is 14.0 Å². The summed E-state index contributed by atoms with van der Waals surface area (Å²) in [7, 11) is 0. The second-order valence-corrected chi connectivity index (χ2v) is 5.50. The maximum atomic E-state index is 13.2. The second kappa shape index (κ2) is 6.13. The quantitative estimate of drug-likeness (QED) is 0.867. The van der Waals surface area contributed by atoms with Crippen LogP contribution in [0.2, 0.25) is 0 Å². The molecule has 0 saturated heterocycles. The number of halogens is 1. The molecule has 0 saturated carbocycles. The van der Waals surface area contributed by atoms with Gasteiger partial charge in [-0.3, -0.25) is 9.59 Å². The van der Waals surface area contributed by atoms with Crippen molar-refractivity contribution in [2.75, 3.05) is 13.1 Å². The number of fused-ring (bicyclic) bond motifs is 1. The minimum absolute atomic E-state index is 0.0466. The standard InChI is InChI=1S/C17H17FN2O2/c18-13-5-6-15-12(10-19-16(15)9-13)8-17(22)20-7-3-1-2-4-14(21)11-20/h1-2,5-6,9-10,19H,3-4,7-8,11H2/b2-1+. The van der Waals surface area contributed by atoms with Gasteiger partial charge in [0.25, 0.3) is 0 Å². The molecule has 0 fully saturated rings. The molecule has 4 nitrogen and oxygen atoms in total. The number of carbonyl (C=O) groups excluding carboxylic acids is 2. The summed E-state index contributed by atoms with van der Waals surface area (Å²) in [6.45, 7) is 0.720. The molecular weight excluding hydrogens is 283 g/mol. The number of allylic oxidation sites excluding steroid dienone is 1. The van der Waals surface area contributed by atoms with E-state index in [2.05, 4.69) is 4.98 Å². The number of hydrogen-bond donors (Lipinski definition) is 1. The molecule has 0 radical (unpaired) electrons. The van der Waals surface area contributed by atoms with E-state index < -0.39 is 0 Å². The molecule has 0 aliphatic carbocycles. The van der Waals surface area contributed by atoms with Gasteiger partial charge in [-0.25, -0.2) is 4.39 Å². The Bertz CT molecular complexity index is 748. The van der Waals surface area contributed by atoms with Gasteiger partial charge in [0.1, 0.15) is 5.82 Å². The molecule has 2 aromatic rings. The number of aromatic amines is 1. The van der Waals surface area contributed by atoms with Gasteiger partial charge in [0, 0.05) is 30.1 Å². The summed E-state index contributed by atoms with van der Waals surface area (Å²) < 4.78 is 13.2. The lowest BCUT2D eigenvalue weighted by molar-refractivity contribution is -0.134. The van der Waals surface area contributed by atoms with E-state index in [0.29, 0.717) is 18.5 Å². The van der Waals surface area contributed by atoms with Gasteiger partial charge in [-0.2, -0.15) is 0 Å². The van der Waals surface area contributed by atoms with E-state index >= 15 is 0 Å². The monoisotopic (exact) mass is 300 g/mol. The molecule has 0 unspecified atom stereocenters. The van der Waals surface area contributed by atoms with Gasteiger partial charge in [-0.15, -0.1) is 0 Å². The normalized spacial score (nSPS) is 17.3. The molecular formula is C17H17FN2O2.